The minimum atomic E-state index is -0.397. The molecular weight excluding hydrogens is 426 g/mol. The van der Waals surface area contributed by atoms with Crippen LogP contribution in [0.4, 0.5) is 5.69 Å². The number of hydrogen-bond acceptors (Lipinski definition) is 5. The molecule has 3 aromatic rings. The molecular formula is C20H18BrN3O4. The number of aromatic nitrogens is 2. The normalized spacial score (nSPS) is 10.4. The van der Waals surface area contributed by atoms with Crippen LogP contribution < -0.4 is 20.3 Å². The van der Waals surface area contributed by atoms with E-state index in [1.807, 2.05) is 24.3 Å². The van der Waals surface area contributed by atoms with E-state index in [0.717, 1.165) is 14.7 Å². The molecule has 0 saturated heterocycles. The zero-order chi connectivity index (χ0) is 20.1. The number of nitrogens with one attached hydrogen (secondary N) is 1. The molecule has 0 radical (unpaired) electrons. The average molecular weight is 444 g/mol. The van der Waals surface area contributed by atoms with Crippen molar-refractivity contribution in [1.82, 2.24) is 9.78 Å². The summed E-state index contributed by atoms with van der Waals surface area (Å²) in [5.74, 6) is 0.664. The highest BCUT2D eigenvalue weighted by Gasteiger charge is 2.12. The molecule has 0 aliphatic carbocycles. The summed E-state index contributed by atoms with van der Waals surface area (Å²) in [6.45, 7) is -0.224. The van der Waals surface area contributed by atoms with Gasteiger partial charge in [-0.2, -0.15) is 5.10 Å². The van der Waals surface area contributed by atoms with Crippen molar-refractivity contribution in [2.24, 2.45) is 0 Å². The SMILES string of the molecule is COc1ccc(NC(=O)Cn2nc(-c3ccc(Br)cc3)ccc2=O)c(OC)c1. The molecule has 7 nitrogen and oxygen atoms in total. The molecule has 0 atom stereocenters. The van der Waals surface area contributed by atoms with Crippen molar-refractivity contribution >= 4 is 27.5 Å². The van der Waals surface area contributed by atoms with E-state index >= 15 is 0 Å². The second kappa shape index (κ2) is 8.71. The van der Waals surface area contributed by atoms with Crippen LogP contribution in [-0.4, -0.2) is 29.9 Å². The van der Waals surface area contributed by atoms with Crippen molar-refractivity contribution in [2.75, 3.05) is 19.5 Å². The van der Waals surface area contributed by atoms with Crippen LogP contribution in [-0.2, 0) is 11.3 Å². The monoisotopic (exact) mass is 443 g/mol. The summed E-state index contributed by atoms with van der Waals surface area (Å²) in [7, 11) is 3.04. The van der Waals surface area contributed by atoms with Crippen LogP contribution in [0.2, 0.25) is 0 Å². The first kappa shape index (κ1) is 19.6. The van der Waals surface area contributed by atoms with E-state index in [9.17, 15) is 9.59 Å². The lowest BCUT2D eigenvalue weighted by Gasteiger charge is -2.12. The number of nitrogens with zero attached hydrogens (tertiary/aromatic N) is 2. The van der Waals surface area contributed by atoms with Crippen molar-refractivity contribution in [3.63, 3.8) is 0 Å². The van der Waals surface area contributed by atoms with E-state index in [1.54, 1.807) is 31.4 Å². The van der Waals surface area contributed by atoms with Gasteiger partial charge in [-0.25, -0.2) is 4.68 Å². The molecule has 1 aromatic heterocycles. The summed E-state index contributed by atoms with van der Waals surface area (Å²) in [6, 6.07) is 15.6. The van der Waals surface area contributed by atoms with Crippen LogP contribution in [0.5, 0.6) is 11.5 Å². The summed E-state index contributed by atoms with van der Waals surface area (Å²) in [4.78, 5) is 24.6. The number of carbonyl (C=O) groups is 1. The molecule has 0 aliphatic rings. The van der Waals surface area contributed by atoms with Crippen LogP contribution in [0.25, 0.3) is 11.3 Å². The summed E-state index contributed by atoms with van der Waals surface area (Å²) < 4.78 is 12.5. The van der Waals surface area contributed by atoms with Crippen molar-refractivity contribution in [1.29, 1.82) is 0 Å². The molecule has 1 amide bonds. The highest BCUT2D eigenvalue weighted by atomic mass is 79.9. The van der Waals surface area contributed by atoms with Gasteiger partial charge in [0.15, 0.2) is 0 Å². The standard InChI is InChI=1S/C20H18BrN3O4/c1-27-15-7-8-17(18(11-15)28-2)22-19(25)12-24-20(26)10-9-16(23-24)13-3-5-14(21)6-4-13/h3-11H,12H2,1-2H3,(H,22,25). The Morgan fingerprint density at radius 3 is 2.50 bits per heavy atom. The molecule has 0 aliphatic heterocycles. The number of benzene rings is 2. The van der Waals surface area contributed by atoms with Gasteiger partial charge in [0, 0.05) is 22.2 Å². The molecule has 1 heterocycles. The van der Waals surface area contributed by atoms with Crippen LogP contribution in [0.15, 0.2) is 63.9 Å². The van der Waals surface area contributed by atoms with Gasteiger partial charge in [0.05, 0.1) is 25.6 Å². The molecule has 0 unspecified atom stereocenters. The second-order valence-electron chi connectivity index (χ2n) is 5.84. The first-order valence-corrected chi connectivity index (χ1v) is 9.15. The molecule has 28 heavy (non-hydrogen) atoms. The largest absolute Gasteiger partial charge is 0.497 e. The Balaban J connectivity index is 1.80. The Hall–Kier alpha value is -3.13. The van der Waals surface area contributed by atoms with Crippen LogP contribution in [0, 0.1) is 0 Å². The van der Waals surface area contributed by atoms with Gasteiger partial charge in [-0.1, -0.05) is 28.1 Å². The van der Waals surface area contributed by atoms with E-state index in [4.69, 9.17) is 9.47 Å². The lowest BCUT2D eigenvalue weighted by molar-refractivity contribution is -0.117. The summed E-state index contributed by atoms with van der Waals surface area (Å²) in [5, 5.41) is 7.03. The maximum absolute atomic E-state index is 12.4. The van der Waals surface area contributed by atoms with E-state index in [1.165, 1.54) is 13.2 Å². The van der Waals surface area contributed by atoms with Gasteiger partial charge in [0.25, 0.3) is 5.56 Å². The molecule has 3 rings (SSSR count). The average Bonchev–Trinajstić information content (AvgIpc) is 2.70. The van der Waals surface area contributed by atoms with E-state index in [-0.39, 0.29) is 12.1 Å². The number of hydrogen-bond donors (Lipinski definition) is 1. The van der Waals surface area contributed by atoms with E-state index in [2.05, 4.69) is 26.3 Å². The molecule has 2 aromatic carbocycles. The van der Waals surface area contributed by atoms with Gasteiger partial charge < -0.3 is 14.8 Å². The summed E-state index contributed by atoms with van der Waals surface area (Å²) in [6.07, 6.45) is 0. The van der Waals surface area contributed by atoms with Crippen LogP contribution in [0.1, 0.15) is 0 Å². The predicted octanol–water partition coefficient (Wildman–Crippen LogP) is 3.33. The minimum Gasteiger partial charge on any atom is -0.497 e. The Bertz CT molecular complexity index is 1050. The smallest absolute Gasteiger partial charge is 0.267 e. The number of halogens is 1. The quantitative estimate of drug-likeness (QED) is 0.631. The fourth-order valence-corrected chi connectivity index (χ4v) is 2.83. The van der Waals surface area contributed by atoms with Crippen molar-refractivity contribution in [3.8, 4) is 22.8 Å². The molecule has 1 N–H and O–H groups in total. The van der Waals surface area contributed by atoms with Gasteiger partial charge in [-0.15, -0.1) is 0 Å². The lowest BCUT2D eigenvalue weighted by atomic mass is 10.1. The maximum atomic E-state index is 12.4. The highest BCUT2D eigenvalue weighted by Crippen LogP contribution is 2.29. The van der Waals surface area contributed by atoms with Crippen molar-refractivity contribution in [2.45, 2.75) is 6.54 Å². The number of carbonyl (C=O) groups excluding carboxylic acids is 1. The molecule has 0 spiro atoms. The van der Waals surface area contributed by atoms with Gasteiger partial charge >= 0.3 is 0 Å². The summed E-state index contributed by atoms with van der Waals surface area (Å²) >= 11 is 3.38. The molecule has 8 heteroatoms. The fraction of sp³-hybridized carbons (Fsp3) is 0.150. The Morgan fingerprint density at radius 2 is 1.82 bits per heavy atom. The van der Waals surface area contributed by atoms with Crippen LogP contribution >= 0.6 is 15.9 Å². The number of methoxy groups -OCH3 is 2. The maximum Gasteiger partial charge on any atom is 0.267 e. The zero-order valence-electron chi connectivity index (χ0n) is 15.3. The Morgan fingerprint density at radius 1 is 1.07 bits per heavy atom. The van der Waals surface area contributed by atoms with E-state index < -0.39 is 5.91 Å². The number of amides is 1. The Kier molecular flexibility index (Phi) is 6.10. The van der Waals surface area contributed by atoms with Gasteiger partial charge in [-0.3, -0.25) is 9.59 Å². The van der Waals surface area contributed by atoms with Gasteiger partial charge in [0.2, 0.25) is 5.91 Å². The predicted molar refractivity (Wildman–Crippen MR) is 110 cm³/mol. The van der Waals surface area contributed by atoms with Gasteiger partial charge in [-0.05, 0) is 30.3 Å². The second-order valence-corrected chi connectivity index (χ2v) is 6.75. The zero-order valence-corrected chi connectivity index (χ0v) is 16.9. The first-order valence-electron chi connectivity index (χ1n) is 8.36. The molecule has 0 fully saturated rings. The number of rotatable bonds is 6. The molecule has 144 valence electrons. The third-order valence-electron chi connectivity index (χ3n) is 3.98. The van der Waals surface area contributed by atoms with Gasteiger partial charge in [0.1, 0.15) is 18.0 Å². The topological polar surface area (TPSA) is 82.5 Å². The van der Waals surface area contributed by atoms with Crippen molar-refractivity contribution < 1.29 is 14.3 Å². The van der Waals surface area contributed by atoms with Crippen LogP contribution in [0.3, 0.4) is 0 Å². The third kappa shape index (κ3) is 4.58. The first-order chi connectivity index (χ1) is 13.5. The third-order valence-corrected chi connectivity index (χ3v) is 4.51. The molecule has 0 saturated carbocycles. The fourth-order valence-electron chi connectivity index (χ4n) is 2.56. The summed E-state index contributed by atoms with van der Waals surface area (Å²) in [5.41, 5.74) is 1.55. The number of ether oxygens (including phenoxy) is 2. The minimum absolute atomic E-state index is 0.224. The molecule has 0 bridgehead atoms. The Labute approximate surface area is 170 Å². The highest BCUT2D eigenvalue weighted by molar-refractivity contribution is 9.10. The van der Waals surface area contributed by atoms with Crippen molar-refractivity contribution in [3.05, 3.63) is 69.4 Å². The lowest BCUT2D eigenvalue weighted by Crippen LogP contribution is -2.29. The number of anilines is 1. The van der Waals surface area contributed by atoms with E-state index in [0.29, 0.717) is 22.9 Å².